The Hall–Kier alpha value is -1.20. The molecule has 0 radical (unpaired) electrons. The number of halogens is 2. The molecule has 1 unspecified atom stereocenters. The van der Waals surface area contributed by atoms with Gasteiger partial charge in [0.15, 0.2) is 17.4 Å². The van der Waals surface area contributed by atoms with Gasteiger partial charge in [-0.15, -0.1) is 0 Å². The van der Waals surface area contributed by atoms with E-state index in [1.165, 1.54) is 19.2 Å². The molecule has 88 valence electrons. The number of nitrogens with one attached hydrogen (secondary N) is 1. The van der Waals surface area contributed by atoms with E-state index in [0.29, 0.717) is 18.7 Å². The Morgan fingerprint density at radius 3 is 2.88 bits per heavy atom. The van der Waals surface area contributed by atoms with Gasteiger partial charge in [-0.2, -0.15) is 0 Å². The monoisotopic (exact) mass is 229 g/mol. The standard InChI is InChI=1S/C11H13F2NO2/c1-15-11-8(12)3-2-7(10(11)13)9-6-14-4-5-16-9/h2-3,9,14H,4-6H2,1H3. The molecule has 1 fully saturated rings. The highest BCUT2D eigenvalue weighted by Crippen LogP contribution is 2.29. The van der Waals surface area contributed by atoms with Crippen LogP contribution < -0.4 is 10.1 Å². The maximum atomic E-state index is 13.8. The predicted octanol–water partition coefficient (Wildman–Crippen LogP) is 1.63. The van der Waals surface area contributed by atoms with Crippen LogP contribution in [-0.2, 0) is 4.74 Å². The summed E-state index contributed by atoms with van der Waals surface area (Å²) in [4.78, 5) is 0. The first kappa shape index (κ1) is 11.3. The molecule has 1 atom stereocenters. The first-order chi connectivity index (χ1) is 7.74. The molecule has 1 aromatic rings. The van der Waals surface area contributed by atoms with Gasteiger partial charge in [0.2, 0.25) is 0 Å². The molecular formula is C11H13F2NO2. The average molecular weight is 229 g/mol. The van der Waals surface area contributed by atoms with Crippen molar-refractivity contribution in [3.05, 3.63) is 29.3 Å². The highest BCUT2D eigenvalue weighted by molar-refractivity contribution is 5.34. The molecular weight excluding hydrogens is 216 g/mol. The van der Waals surface area contributed by atoms with Gasteiger partial charge in [0.25, 0.3) is 0 Å². The van der Waals surface area contributed by atoms with Crippen LogP contribution in [-0.4, -0.2) is 26.8 Å². The third kappa shape index (κ3) is 2.01. The molecule has 0 bridgehead atoms. The average Bonchev–Trinajstić information content (AvgIpc) is 2.31. The number of morpholine rings is 1. The summed E-state index contributed by atoms with van der Waals surface area (Å²) >= 11 is 0. The van der Waals surface area contributed by atoms with E-state index in [1.54, 1.807) is 0 Å². The van der Waals surface area contributed by atoms with E-state index in [1.807, 2.05) is 0 Å². The van der Waals surface area contributed by atoms with E-state index in [9.17, 15) is 8.78 Å². The third-order valence-electron chi connectivity index (χ3n) is 2.56. The molecule has 1 aromatic carbocycles. The topological polar surface area (TPSA) is 30.5 Å². The molecule has 0 saturated carbocycles. The third-order valence-corrected chi connectivity index (χ3v) is 2.56. The lowest BCUT2D eigenvalue weighted by Gasteiger charge is -2.24. The normalized spacial score (nSPS) is 20.8. The molecule has 1 aliphatic heterocycles. The summed E-state index contributed by atoms with van der Waals surface area (Å²) < 4.78 is 37.1. The zero-order chi connectivity index (χ0) is 11.5. The van der Waals surface area contributed by atoms with E-state index in [-0.39, 0.29) is 11.9 Å². The summed E-state index contributed by atoms with van der Waals surface area (Å²) in [5, 5.41) is 3.09. The second-order valence-corrected chi connectivity index (χ2v) is 3.55. The lowest BCUT2D eigenvalue weighted by Crippen LogP contribution is -2.33. The molecule has 1 saturated heterocycles. The lowest BCUT2D eigenvalue weighted by molar-refractivity contribution is 0.0252. The molecule has 1 aliphatic rings. The van der Waals surface area contributed by atoms with Crippen molar-refractivity contribution in [3.8, 4) is 5.75 Å². The first-order valence-electron chi connectivity index (χ1n) is 5.08. The van der Waals surface area contributed by atoms with E-state index >= 15 is 0 Å². The smallest absolute Gasteiger partial charge is 0.190 e. The van der Waals surface area contributed by atoms with E-state index in [2.05, 4.69) is 10.1 Å². The van der Waals surface area contributed by atoms with Gasteiger partial charge in [-0.05, 0) is 6.07 Å². The Bertz CT molecular complexity index is 378. The van der Waals surface area contributed by atoms with Crippen molar-refractivity contribution in [1.82, 2.24) is 5.32 Å². The van der Waals surface area contributed by atoms with Crippen molar-refractivity contribution >= 4 is 0 Å². The summed E-state index contributed by atoms with van der Waals surface area (Å²) in [6.07, 6.45) is -0.386. The fraction of sp³-hybridized carbons (Fsp3) is 0.455. The minimum atomic E-state index is -0.701. The van der Waals surface area contributed by atoms with Gasteiger partial charge < -0.3 is 14.8 Å². The molecule has 2 rings (SSSR count). The van der Waals surface area contributed by atoms with Crippen molar-refractivity contribution in [2.75, 3.05) is 26.8 Å². The quantitative estimate of drug-likeness (QED) is 0.836. The Morgan fingerprint density at radius 2 is 2.25 bits per heavy atom. The Morgan fingerprint density at radius 1 is 1.44 bits per heavy atom. The molecule has 5 heteroatoms. The highest BCUT2D eigenvalue weighted by Gasteiger charge is 2.23. The van der Waals surface area contributed by atoms with Crippen LogP contribution in [0.5, 0.6) is 5.75 Å². The van der Waals surface area contributed by atoms with Crippen LogP contribution in [0.25, 0.3) is 0 Å². The largest absolute Gasteiger partial charge is 0.491 e. The number of ether oxygens (including phenoxy) is 2. The molecule has 16 heavy (non-hydrogen) atoms. The first-order valence-corrected chi connectivity index (χ1v) is 5.08. The minimum Gasteiger partial charge on any atom is -0.491 e. The minimum absolute atomic E-state index is 0.324. The molecule has 0 spiro atoms. The van der Waals surface area contributed by atoms with Crippen LogP contribution in [0, 0.1) is 11.6 Å². The maximum Gasteiger partial charge on any atom is 0.190 e. The van der Waals surface area contributed by atoms with Crippen molar-refractivity contribution in [1.29, 1.82) is 0 Å². The van der Waals surface area contributed by atoms with Crippen LogP contribution in [0.15, 0.2) is 12.1 Å². The van der Waals surface area contributed by atoms with Gasteiger partial charge in [-0.3, -0.25) is 0 Å². The SMILES string of the molecule is COc1c(F)ccc(C2CNCCO2)c1F. The molecule has 3 nitrogen and oxygen atoms in total. The van der Waals surface area contributed by atoms with Gasteiger partial charge in [0.05, 0.1) is 19.8 Å². The zero-order valence-electron chi connectivity index (χ0n) is 8.93. The van der Waals surface area contributed by atoms with Gasteiger partial charge in [0, 0.05) is 18.7 Å². The number of hydrogen-bond donors (Lipinski definition) is 1. The number of methoxy groups -OCH3 is 1. The Balaban J connectivity index is 2.33. The molecule has 0 aliphatic carbocycles. The van der Waals surface area contributed by atoms with Crippen LogP contribution in [0.1, 0.15) is 11.7 Å². The Kier molecular flexibility index (Phi) is 3.36. The van der Waals surface area contributed by atoms with Gasteiger partial charge >= 0.3 is 0 Å². The molecule has 0 amide bonds. The summed E-state index contributed by atoms with van der Waals surface area (Å²) in [7, 11) is 1.24. The predicted molar refractivity (Wildman–Crippen MR) is 54.5 cm³/mol. The van der Waals surface area contributed by atoms with E-state index in [4.69, 9.17) is 4.74 Å². The summed E-state index contributed by atoms with van der Waals surface area (Å²) in [5.41, 5.74) is 0.324. The summed E-state index contributed by atoms with van der Waals surface area (Å²) in [6, 6.07) is 2.58. The number of rotatable bonds is 2. The van der Waals surface area contributed by atoms with Crippen LogP contribution in [0.4, 0.5) is 8.78 Å². The maximum absolute atomic E-state index is 13.8. The summed E-state index contributed by atoms with van der Waals surface area (Å²) in [6.45, 7) is 1.78. The van der Waals surface area contributed by atoms with Gasteiger partial charge in [0.1, 0.15) is 0 Å². The van der Waals surface area contributed by atoms with E-state index < -0.39 is 11.6 Å². The summed E-state index contributed by atoms with van der Waals surface area (Å²) in [5.74, 6) is -1.74. The number of benzene rings is 1. The zero-order valence-corrected chi connectivity index (χ0v) is 8.93. The van der Waals surface area contributed by atoms with Crippen LogP contribution in [0.3, 0.4) is 0 Å². The number of hydrogen-bond acceptors (Lipinski definition) is 3. The highest BCUT2D eigenvalue weighted by atomic mass is 19.1. The second kappa shape index (κ2) is 4.76. The lowest BCUT2D eigenvalue weighted by atomic mass is 10.1. The fourth-order valence-corrected chi connectivity index (χ4v) is 1.75. The molecule has 0 aromatic heterocycles. The van der Waals surface area contributed by atoms with Crippen molar-refractivity contribution in [2.45, 2.75) is 6.10 Å². The van der Waals surface area contributed by atoms with Crippen molar-refractivity contribution in [2.24, 2.45) is 0 Å². The second-order valence-electron chi connectivity index (χ2n) is 3.55. The fourth-order valence-electron chi connectivity index (χ4n) is 1.75. The van der Waals surface area contributed by atoms with Crippen LogP contribution >= 0.6 is 0 Å². The Labute approximate surface area is 92.4 Å². The van der Waals surface area contributed by atoms with Gasteiger partial charge in [-0.1, -0.05) is 6.07 Å². The van der Waals surface area contributed by atoms with Crippen molar-refractivity contribution < 1.29 is 18.3 Å². The van der Waals surface area contributed by atoms with Gasteiger partial charge in [-0.25, -0.2) is 8.78 Å². The molecule has 1 N–H and O–H groups in total. The van der Waals surface area contributed by atoms with Crippen molar-refractivity contribution in [3.63, 3.8) is 0 Å². The molecule has 1 heterocycles. The van der Waals surface area contributed by atoms with E-state index in [0.717, 1.165) is 6.54 Å². The van der Waals surface area contributed by atoms with Crippen LogP contribution in [0.2, 0.25) is 0 Å².